The fraction of sp³-hybridized carbons (Fsp3) is 0.588. The summed E-state index contributed by atoms with van der Waals surface area (Å²) in [6.07, 6.45) is 3.81. The lowest BCUT2D eigenvalue weighted by molar-refractivity contribution is 0.254. The van der Waals surface area contributed by atoms with Crippen molar-refractivity contribution in [3.63, 3.8) is 0 Å². The van der Waals surface area contributed by atoms with Gasteiger partial charge in [-0.2, -0.15) is 26.6 Å². The Morgan fingerprint density at radius 1 is 0.778 bits per heavy atom. The zero-order chi connectivity index (χ0) is 19.5. The van der Waals surface area contributed by atoms with E-state index >= 15 is 0 Å². The normalized spacial score (nSPS) is 21.4. The predicted molar refractivity (Wildman–Crippen MR) is 100 cm³/mol. The highest BCUT2D eigenvalue weighted by atomic mass is 32.2. The molecule has 10 heteroatoms. The second kappa shape index (κ2) is 8.24. The van der Waals surface area contributed by atoms with E-state index in [0.717, 1.165) is 25.7 Å². The molecule has 0 bridgehead atoms. The molecule has 0 N–H and O–H groups in total. The summed E-state index contributed by atoms with van der Waals surface area (Å²) in [5.41, 5.74) is 0.276. The minimum Gasteiger partial charge on any atom is -0.207 e. The van der Waals surface area contributed by atoms with Gasteiger partial charge in [0.25, 0.3) is 10.2 Å². The highest BCUT2D eigenvalue weighted by molar-refractivity contribution is 7.89. The van der Waals surface area contributed by atoms with Gasteiger partial charge in [-0.25, -0.2) is 8.42 Å². The first-order valence-corrected chi connectivity index (χ1v) is 11.9. The van der Waals surface area contributed by atoms with Gasteiger partial charge in [-0.1, -0.05) is 18.9 Å². The maximum atomic E-state index is 12.9. The van der Waals surface area contributed by atoms with Crippen LogP contribution in [0.15, 0.2) is 29.2 Å². The number of nitriles is 1. The third-order valence-electron chi connectivity index (χ3n) is 5.02. The zero-order valence-electron chi connectivity index (χ0n) is 15.1. The van der Waals surface area contributed by atoms with Crippen molar-refractivity contribution in [2.75, 3.05) is 39.3 Å². The van der Waals surface area contributed by atoms with Crippen molar-refractivity contribution in [2.24, 2.45) is 0 Å². The first kappa shape index (κ1) is 20.2. The summed E-state index contributed by atoms with van der Waals surface area (Å²) in [7, 11) is -7.30. The molecule has 0 atom stereocenters. The van der Waals surface area contributed by atoms with Crippen LogP contribution in [0, 0.1) is 11.3 Å². The Labute approximate surface area is 161 Å². The summed E-state index contributed by atoms with van der Waals surface area (Å²) in [6.45, 7) is 1.54. The molecule has 0 aliphatic carbocycles. The van der Waals surface area contributed by atoms with Gasteiger partial charge in [0, 0.05) is 39.3 Å². The number of benzene rings is 1. The van der Waals surface area contributed by atoms with E-state index in [0.29, 0.717) is 13.1 Å². The van der Waals surface area contributed by atoms with Gasteiger partial charge in [0.1, 0.15) is 0 Å². The van der Waals surface area contributed by atoms with Crippen molar-refractivity contribution >= 4 is 20.2 Å². The van der Waals surface area contributed by atoms with Crippen LogP contribution in [0.1, 0.15) is 31.2 Å². The van der Waals surface area contributed by atoms with Gasteiger partial charge < -0.3 is 0 Å². The lowest BCUT2D eigenvalue weighted by Crippen LogP contribution is -2.54. The van der Waals surface area contributed by atoms with Crippen LogP contribution in [0.2, 0.25) is 0 Å². The minimum atomic E-state index is -3.75. The molecular formula is C17H24N4O4S2. The highest BCUT2D eigenvalue weighted by Gasteiger charge is 2.36. The molecule has 2 aliphatic rings. The molecule has 0 radical (unpaired) electrons. The van der Waals surface area contributed by atoms with Crippen LogP contribution in [0.5, 0.6) is 0 Å². The quantitative estimate of drug-likeness (QED) is 0.734. The monoisotopic (exact) mass is 412 g/mol. The molecule has 0 unspecified atom stereocenters. The maximum absolute atomic E-state index is 12.9. The van der Waals surface area contributed by atoms with E-state index in [2.05, 4.69) is 0 Å². The van der Waals surface area contributed by atoms with E-state index in [1.807, 2.05) is 6.07 Å². The average Bonchev–Trinajstić information content (AvgIpc) is 2.98. The Morgan fingerprint density at radius 3 is 1.93 bits per heavy atom. The Kier molecular flexibility index (Phi) is 6.18. The third kappa shape index (κ3) is 4.33. The van der Waals surface area contributed by atoms with E-state index in [1.165, 1.54) is 31.1 Å². The van der Waals surface area contributed by atoms with Crippen molar-refractivity contribution in [1.82, 2.24) is 12.9 Å². The Bertz CT molecular complexity index is 908. The number of hydrogen-bond donors (Lipinski definition) is 0. The number of piperazine rings is 1. The van der Waals surface area contributed by atoms with Gasteiger partial charge in [0.15, 0.2) is 0 Å². The van der Waals surface area contributed by atoms with Crippen LogP contribution >= 0.6 is 0 Å². The van der Waals surface area contributed by atoms with E-state index in [4.69, 9.17) is 5.26 Å². The summed E-state index contributed by atoms with van der Waals surface area (Å²) in [5, 5.41) is 8.97. The molecular weight excluding hydrogens is 388 g/mol. The van der Waals surface area contributed by atoms with Gasteiger partial charge in [0.2, 0.25) is 10.0 Å². The molecule has 2 aliphatic heterocycles. The third-order valence-corrected chi connectivity index (χ3v) is 8.95. The number of rotatable bonds is 4. The van der Waals surface area contributed by atoms with E-state index in [1.54, 1.807) is 6.07 Å². The largest absolute Gasteiger partial charge is 0.282 e. The molecule has 2 heterocycles. The van der Waals surface area contributed by atoms with E-state index < -0.39 is 20.2 Å². The molecule has 2 fully saturated rings. The van der Waals surface area contributed by atoms with Gasteiger partial charge in [-0.3, -0.25) is 0 Å². The Morgan fingerprint density at radius 2 is 1.33 bits per heavy atom. The standard InChI is InChI=1S/C17H24N4O4S2/c18-15-16-6-5-7-17(14-16)26(22,23)19-10-12-21(13-11-19)27(24,25)20-8-3-1-2-4-9-20/h5-7,14H,1-4,8-13H2. The van der Waals surface area contributed by atoms with E-state index in [9.17, 15) is 16.8 Å². The van der Waals surface area contributed by atoms with Crippen LogP contribution in [-0.4, -0.2) is 69.0 Å². The van der Waals surface area contributed by atoms with E-state index in [-0.39, 0.29) is 36.6 Å². The molecule has 0 saturated carbocycles. The fourth-order valence-corrected chi connectivity index (χ4v) is 6.59. The molecule has 27 heavy (non-hydrogen) atoms. The zero-order valence-corrected chi connectivity index (χ0v) is 16.8. The van der Waals surface area contributed by atoms with Gasteiger partial charge in [0.05, 0.1) is 16.5 Å². The molecule has 1 aromatic rings. The second-order valence-electron chi connectivity index (χ2n) is 6.76. The van der Waals surface area contributed by atoms with Crippen molar-refractivity contribution in [3.8, 4) is 6.07 Å². The maximum Gasteiger partial charge on any atom is 0.282 e. The lowest BCUT2D eigenvalue weighted by atomic mass is 10.2. The number of sulfonamides is 1. The fourth-order valence-electron chi connectivity index (χ4n) is 3.45. The SMILES string of the molecule is N#Cc1cccc(S(=O)(=O)N2CCN(S(=O)(=O)N3CCCCCC3)CC2)c1. The molecule has 0 aromatic heterocycles. The number of hydrogen-bond acceptors (Lipinski definition) is 5. The first-order valence-electron chi connectivity index (χ1n) is 9.11. The summed E-state index contributed by atoms with van der Waals surface area (Å²) in [4.78, 5) is 0.0605. The topological polar surface area (TPSA) is 102 Å². The van der Waals surface area contributed by atoms with Crippen LogP contribution in [0.3, 0.4) is 0 Å². The summed E-state index contributed by atoms with van der Waals surface area (Å²) >= 11 is 0. The van der Waals surface area contributed by atoms with Crippen molar-refractivity contribution in [1.29, 1.82) is 5.26 Å². The lowest BCUT2D eigenvalue weighted by Gasteiger charge is -2.35. The van der Waals surface area contributed by atoms with Crippen LogP contribution < -0.4 is 0 Å². The predicted octanol–water partition coefficient (Wildman–Crippen LogP) is 0.985. The molecule has 1 aromatic carbocycles. The molecule has 2 saturated heterocycles. The first-order chi connectivity index (χ1) is 12.9. The second-order valence-corrected chi connectivity index (χ2v) is 10.6. The minimum absolute atomic E-state index is 0.0605. The Balaban J connectivity index is 1.70. The van der Waals surface area contributed by atoms with Gasteiger partial charge in [-0.15, -0.1) is 0 Å². The van der Waals surface area contributed by atoms with Crippen LogP contribution in [0.4, 0.5) is 0 Å². The summed E-state index contributed by atoms with van der Waals surface area (Å²) in [5.74, 6) is 0. The summed E-state index contributed by atoms with van der Waals surface area (Å²) < 4.78 is 55.5. The molecule has 0 amide bonds. The number of nitrogens with zero attached hydrogens (tertiary/aromatic N) is 4. The molecule has 0 spiro atoms. The van der Waals surface area contributed by atoms with Crippen molar-refractivity contribution < 1.29 is 16.8 Å². The highest BCUT2D eigenvalue weighted by Crippen LogP contribution is 2.22. The Hall–Kier alpha value is -1.51. The van der Waals surface area contributed by atoms with Crippen LogP contribution in [-0.2, 0) is 20.2 Å². The van der Waals surface area contributed by atoms with Crippen molar-refractivity contribution in [3.05, 3.63) is 29.8 Å². The van der Waals surface area contributed by atoms with Crippen LogP contribution in [0.25, 0.3) is 0 Å². The molecule has 148 valence electrons. The molecule has 8 nitrogen and oxygen atoms in total. The van der Waals surface area contributed by atoms with Crippen molar-refractivity contribution in [2.45, 2.75) is 30.6 Å². The average molecular weight is 413 g/mol. The molecule has 3 rings (SSSR count). The van der Waals surface area contributed by atoms with Gasteiger partial charge >= 0.3 is 0 Å². The van der Waals surface area contributed by atoms with Gasteiger partial charge in [-0.05, 0) is 31.0 Å². The smallest absolute Gasteiger partial charge is 0.207 e. The summed E-state index contributed by atoms with van der Waals surface area (Å²) in [6, 6.07) is 7.81.